The number of likely N-dealkylation sites (tertiary alicyclic amines) is 1. The zero-order chi connectivity index (χ0) is 18.7. The predicted molar refractivity (Wildman–Crippen MR) is 111 cm³/mol. The number of Topliss-reactive ketones (excluding diaryl/α,β-unsaturated/α-hetero) is 1. The number of hydrogen-bond donors (Lipinski definition) is 0. The number of carbonyl (C=O) groups excluding carboxylic acids is 1. The molecule has 1 saturated heterocycles. The van der Waals surface area contributed by atoms with Crippen molar-refractivity contribution in [3.63, 3.8) is 0 Å². The third-order valence-corrected chi connectivity index (χ3v) is 8.51. The molecule has 2 nitrogen and oxygen atoms in total. The van der Waals surface area contributed by atoms with Gasteiger partial charge in [-0.3, -0.25) is 9.69 Å². The van der Waals surface area contributed by atoms with Gasteiger partial charge in [-0.1, -0.05) is 60.7 Å². The molecule has 0 amide bonds. The van der Waals surface area contributed by atoms with E-state index < -0.39 is 0 Å². The van der Waals surface area contributed by atoms with E-state index in [0.717, 1.165) is 13.1 Å². The summed E-state index contributed by atoms with van der Waals surface area (Å²) in [7, 11) is 0. The van der Waals surface area contributed by atoms with Crippen LogP contribution in [0, 0.1) is 17.8 Å². The van der Waals surface area contributed by atoms with Crippen molar-refractivity contribution >= 4 is 5.78 Å². The highest BCUT2D eigenvalue weighted by Gasteiger charge is 2.72. The van der Waals surface area contributed by atoms with E-state index in [0.29, 0.717) is 29.5 Å². The fraction of sp³-hybridized carbons (Fsp3) is 0.500. The van der Waals surface area contributed by atoms with E-state index in [4.69, 9.17) is 0 Å². The molecule has 6 rings (SSSR count). The minimum absolute atomic E-state index is 0.0117. The maximum atomic E-state index is 14.4. The fourth-order valence-corrected chi connectivity index (χ4v) is 7.73. The van der Waals surface area contributed by atoms with Crippen molar-refractivity contribution < 1.29 is 4.79 Å². The first-order chi connectivity index (χ1) is 13.8. The molecule has 3 saturated carbocycles. The highest BCUT2D eigenvalue weighted by molar-refractivity contribution is 5.99. The van der Waals surface area contributed by atoms with E-state index >= 15 is 0 Å². The summed E-state index contributed by atoms with van der Waals surface area (Å²) in [5, 5.41) is 0. The van der Waals surface area contributed by atoms with Gasteiger partial charge < -0.3 is 0 Å². The van der Waals surface area contributed by atoms with Crippen molar-refractivity contribution in [2.75, 3.05) is 13.1 Å². The third-order valence-electron chi connectivity index (χ3n) is 8.51. The van der Waals surface area contributed by atoms with Gasteiger partial charge in [0, 0.05) is 5.92 Å². The van der Waals surface area contributed by atoms with Gasteiger partial charge in [0.25, 0.3) is 0 Å². The first-order valence-electron chi connectivity index (χ1n) is 11.2. The molecular formula is C26H29NO. The van der Waals surface area contributed by atoms with Gasteiger partial charge in [0.2, 0.25) is 0 Å². The molecule has 4 fully saturated rings. The van der Waals surface area contributed by atoms with Crippen LogP contribution in [0.15, 0.2) is 60.7 Å². The Bertz CT molecular complexity index is 872. The third kappa shape index (κ3) is 2.10. The molecule has 2 aromatic rings. The Morgan fingerprint density at radius 3 is 2.14 bits per heavy atom. The van der Waals surface area contributed by atoms with Crippen molar-refractivity contribution in [2.45, 2.75) is 49.5 Å². The molecular weight excluding hydrogens is 342 g/mol. The number of benzene rings is 2. The summed E-state index contributed by atoms with van der Waals surface area (Å²) in [6.07, 6.45) is 6.36. The van der Waals surface area contributed by atoms with Crippen molar-refractivity contribution in [1.29, 1.82) is 0 Å². The standard InChI is InChI=1S/C26H29NO/c28-25-23(19-11-5-2-6-12-19)22(18-9-3-1-4-10-18)24-20-13-14-21(17-20)26(24,25)27-15-7-8-16-27/h1-6,9-12,20-24H,7-8,13-17H2/t20?,21?,22?,23?,24?,26-/m0/s1. The van der Waals surface area contributed by atoms with Crippen LogP contribution in [0.2, 0.25) is 0 Å². The first kappa shape index (κ1) is 17.0. The van der Waals surface area contributed by atoms with Gasteiger partial charge in [-0.25, -0.2) is 0 Å². The van der Waals surface area contributed by atoms with Crippen LogP contribution in [0.1, 0.15) is 55.1 Å². The minimum atomic E-state index is -0.194. The van der Waals surface area contributed by atoms with E-state index in [9.17, 15) is 4.79 Å². The Labute approximate surface area is 167 Å². The molecule has 1 aliphatic heterocycles. The van der Waals surface area contributed by atoms with E-state index in [1.807, 2.05) is 0 Å². The van der Waals surface area contributed by atoms with Gasteiger partial charge in [-0.15, -0.1) is 0 Å². The molecule has 6 atom stereocenters. The summed E-state index contributed by atoms with van der Waals surface area (Å²) < 4.78 is 0. The molecule has 0 radical (unpaired) electrons. The number of fused-ring (bicyclic) bond motifs is 5. The normalized spacial score (nSPS) is 39.6. The topological polar surface area (TPSA) is 20.3 Å². The SMILES string of the molecule is O=C1C(c2ccccc2)C(c2ccccc2)C2C3CCC(C3)[C@@]12N1CCCC1. The summed E-state index contributed by atoms with van der Waals surface area (Å²) in [4.78, 5) is 17.1. The largest absolute Gasteiger partial charge is 0.297 e. The summed E-state index contributed by atoms with van der Waals surface area (Å²) in [5.41, 5.74) is 2.41. The van der Waals surface area contributed by atoms with Crippen LogP contribution in [-0.2, 0) is 4.79 Å². The summed E-state index contributed by atoms with van der Waals surface area (Å²) in [5.74, 6) is 2.67. The van der Waals surface area contributed by atoms with Crippen molar-refractivity contribution in [3.05, 3.63) is 71.8 Å². The molecule has 4 aliphatic rings. The highest BCUT2D eigenvalue weighted by atomic mass is 16.1. The molecule has 0 spiro atoms. The number of hydrogen-bond acceptors (Lipinski definition) is 2. The molecule has 3 aliphatic carbocycles. The van der Waals surface area contributed by atoms with Crippen LogP contribution < -0.4 is 0 Å². The van der Waals surface area contributed by atoms with Crippen LogP contribution in [-0.4, -0.2) is 29.3 Å². The minimum Gasteiger partial charge on any atom is -0.297 e. The predicted octanol–water partition coefficient (Wildman–Crippen LogP) is 5.02. The second-order valence-electron chi connectivity index (χ2n) is 9.50. The first-order valence-corrected chi connectivity index (χ1v) is 11.2. The number of ketones is 1. The van der Waals surface area contributed by atoms with Gasteiger partial charge in [0.1, 0.15) is 0 Å². The maximum Gasteiger partial charge on any atom is 0.161 e. The lowest BCUT2D eigenvalue weighted by Gasteiger charge is -2.46. The monoisotopic (exact) mass is 371 g/mol. The lowest BCUT2D eigenvalue weighted by Crippen LogP contribution is -2.59. The molecule has 0 aromatic heterocycles. The zero-order valence-corrected chi connectivity index (χ0v) is 16.5. The molecule has 5 unspecified atom stereocenters. The van der Waals surface area contributed by atoms with Crippen LogP contribution in [0.25, 0.3) is 0 Å². The number of nitrogens with zero attached hydrogens (tertiary/aromatic N) is 1. The molecule has 1 heterocycles. The maximum absolute atomic E-state index is 14.4. The Hall–Kier alpha value is -1.93. The van der Waals surface area contributed by atoms with Crippen LogP contribution in [0.4, 0.5) is 0 Å². The van der Waals surface area contributed by atoms with Gasteiger partial charge >= 0.3 is 0 Å². The Kier molecular flexibility index (Phi) is 3.81. The number of carbonyl (C=O) groups is 1. The lowest BCUT2D eigenvalue weighted by molar-refractivity contribution is -0.133. The Morgan fingerprint density at radius 1 is 0.821 bits per heavy atom. The molecule has 0 N–H and O–H groups in total. The van der Waals surface area contributed by atoms with Gasteiger partial charge in [-0.2, -0.15) is 0 Å². The van der Waals surface area contributed by atoms with Gasteiger partial charge in [0.05, 0.1) is 11.5 Å². The molecule has 2 bridgehead atoms. The fourth-order valence-electron chi connectivity index (χ4n) is 7.73. The molecule has 144 valence electrons. The average molecular weight is 372 g/mol. The molecule has 28 heavy (non-hydrogen) atoms. The second-order valence-corrected chi connectivity index (χ2v) is 9.50. The van der Waals surface area contributed by atoms with Crippen LogP contribution in [0.3, 0.4) is 0 Å². The lowest BCUT2D eigenvalue weighted by atomic mass is 9.69. The van der Waals surface area contributed by atoms with Gasteiger partial charge in [0.15, 0.2) is 5.78 Å². The Balaban J connectivity index is 1.56. The Morgan fingerprint density at radius 2 is 1.46 bits per heavy atom. The zero-order valence-electron chi connectivity index (χ0n) is 16.5. The summed E-state index contributed by atoms with van der Waals surface area (Å²) >= 11 is 0. The average Bonchev–Trinajstić information content (AvgIpc) is 3.52. The van der Waals surface area contributed by atoms with E-state index in [1.54, 1.807) is 0 Å². The number of rotatable bonds is 3. The molecule has 2 heteroatoms. The molecule has 2 aromatic carbocycles. The van der Waals surface area contributed by atoms with Crippen molar-refractivity contribution in [3.8, 4) is 0 Å². The van der Waals surface area contributed by atoms with E-state index in [1.165, 1.54) is 43.2 Å². The van der Waals surface area contributed by atoms with Gasteiger partial charge in [-0.05, 0) is 74.1 Å². The van der Waals surface area contributed by atoms with Crippen molar-refractivity contribution in [1.82, 2.24) is 4.90 Å². The van der Waals surface area contributed by atoms with E-state index in [-0.39, 0.29) is 11.5 Å². The van der Waals surface area contributed by atoms with Crippen molar-refractivity contribution in [2.24, 2.45) is 17.8 Å². The summed E-state index contributed by atoms with van der Waals surface area (Å²) in [6, 6.07) is 21.6. The second kappa shape index (κ2) is 6.29. The summed E-state index contributed by atoms with van der Waals surface area (Å²) in [6.45, 7) is 2.24. The quantitative estimate of drug-likeness (QED) is 0.755. The highest BCUT2D eigenvalue weighted by Crippen LogP contribution is 2.69. The van der Waals surface area contributed by atoms with Crippen LogP contribution >= 0.6 is 0 Å². The van der Waals surface area contributed by atoms with E-state index in [2.05, 4.69) is 65.6 Å². The van der Waals surface area contributed by atoms with Crippen LogP contribution in [0.5, 0.6) is 0 Å². The smallest absolute Gasteiger partial charge is 0.161 e.